The van der Waals surface area contributed by atoms with Crippen LogP contribution in [-0.2, 0) is 0 Å². The van der Waals surface area contributed by atoms with Crippen molar-refractivity contribution in [3.05, 3.63) is 10.7 Å². The van der Waals surface area contributed by atoms with E-state index >= 15 is 0 Å². The van der Waals surface area contributed by atoms with Crippen molar-refractivity contribution in [1.82, 2.24) is 0 Å². The van der Waals surface area contributed by atoms with Crippen LogP contribution in [0.3, 0.4) is 0 Å². The molecule has 0 aromatic rings. The molecule has 0 aromatic carbocycles. The number of hydrogen-bond acceptors (Lipinski definition) is 0. The van der Waals surface area contributed by atoms with Crippen molar-refractivity contribution in [2.24, 2.45) is 5.92 Å². The fraction of sp³-hybridized carbons (Fsp3) is 0.778. The first kappa shape index (κ1) is 11.2. The van der Waals surface area contributed by atoms with E-state index < -0.39 is 0 Å². The molecule has 0 aliphatic rings. The predicted octanol–water partition coefficient (Wildman–Crippen LogP) is 3.11. The highest BCUT2D eigenvalue weighted by Crippen LogP contribution is 2.17. The lowest BCUT2D eigenvalue weighted by molar-refractivity contribution is 0.795. The highest BCUT2D eigenvalue weighted by molar-refractivity contribution is 6.49. The second-order valence-electron chi connectivity index (χ2n) is 3.56. The van der Waals surface area contributed by atoms with Crippen LogP contribution < -0.4 is 0 Å². The first-order chi connectivity index (χ1) is 5.11. The molecule has 0 bridgehead atoms. The van der Waals surface area contributed by atoms with Gasteiger partial charge in [-0.25, -0.2) is 0 Å². The molecule has 0 fully saturated rings. The van der Waals surface area contributed by atoms with Crippen molar-refractivity contribution in [2.75, 3.05) is 0 Å². The highest BCUT2D eigenvalue weighted by Gasteiger charge is 2.07. The molecule has 0 N–H and O–H groups in total. The van der Waals surface area contributed by atoms with E-state index in [1.54, 1.807) is 0 Å². The first-order valence-electron chi connectivity index (χ1n) is 4.40. The molecule has 0 aromatic heterocycles. The first-order valence-corrected chi connectivity index (χ1v) is 6.36. The molecule has 0 radical (unpaired) electrons. The van der Waals surface area contributed by atoms with E-state index in [0.29, 0.717) is 5.92 Å². The van der Waals surface area contributed by atoms with Crippen LogP contribution >= 0.6 is 11.6 Å². The monoisotopic (exact) mass is 190 g/mol. The summed E-state index contributed by atoms with van der Waals surface area (Å²) in [5, 5.41) is 1.51. The molecule has 0 aliphatic carbocycles. The average molecular weight is 191 g/mol. The summed E-state index contributed by atoms with van der Waals surface area (Å²) in [7, 11) is -0.0687. The second-order valence-corrected chi connectivity index (χ2v) is 6.39. The molecule has 0 saturated heterocycles. The van der Waals surface area contributed by atoms with Crippen molar-refractivity contribution >= 4 is 21.1 Å². The summed E-state index contributed by atoms with van der Waals surface area (Å²) in [5.74, 6) is 0.660. The van der Waals surface area contributed by atoms with Crippen molar-refractivity contribution < 1.29 is 0 Å². The Morgan fingerprint density at radius 1 is 1.45 bits per heavy atom. The molecule has 1 atom stereocenters. The molecule has 0 saturated carbocycles. The van der Waals surface area contributed by atoms with Gasteiger partial charge in [0.1, 0.15) is 0 Å². The molecular formula is C9H19ClSi. The summed E-state index contributed by atoms with van der Waals surface area (Å²) < 4.78 is 0. The summed E-state index contributed by atoms with van der Waals surface area (Å²) in [6, 6.07) is 0. The maximum Gasteiger partial charge on any atom is 0.0538 e. The van der Waals surface area contributed by atoms with E-state index in [1.807, 2.05) is 5.54 Å². The maximum absolute atomic E-state index is 5.74. The number of halogens is 1. The van der Waals surface area contributed by atoms with Gasteiger partial charge < -0.3 is 0 Å². The van der Waals surface area contributed by atoms with Gasteiger partial charge in [-0.15, -0.1) is 0 Å². The lowest BCUT2D eigenvalue weighted by Gasteiger charge is -2.13. The Kier molecular flexibility index (Phi) is 5.97. The summed E-state index contributed by atoms with van der Waals surface area (Å²) in [4.78, 5) is 0. The van der Waals surface area contributed by atoms with Gasteiger partial charge in [-0.2, -0.15) is 0 Å². The number of hydrogen-bond donors (Lipinski definition) is 0. The molecule has 1 unspecified atom stereocenters. The van der Waals surface area contributed by atoms with Crippen LogP contribution in [0.15, 0.2) is 10.7 Å². The van der Waals surface area contributed by atoms with Gasteiger partial charge in [0.05, 0.1) is 9.52 Å². The minimum Gasteiger partial charge on any atom is -0.0934 e. The van der Waals surface area contributed by atoms with Gasteiger partial charge in [0.25, 0.3) is 0 Å². The molecule has 0 spiro atoms. The molecule has 66 valence electrons. The SMILES string of the molecule is CCC(C)[SiH2]C(=CCl)C(C)C. The van der Waals surface area contributed by atoms with Crippen LogP contribution in [0.25, 0.3) is 0 Å². The Morgan fingerprint density at radius 3 is 2.27 bits per heavy atom. The third-order valence-corrected chi connectivity index (χ3v) is 5.47. The second kappa shape index (κ2) is 5.84. The van der Waals surface area contributed by atoms with E-state index in [9.17, 15) is 0 Å². The van der Waals surface area contributed by atoms with Gasteiger partial charge in [-0.3, -0.25) is 0 Å². The number of rotatable bonds is 4. The minimum atomic E-state index is -0.0687. The van der Waals surface area contributed by atoms with E-state index in [4.69, 9.17) is 11.6 Å². The van der Waals surface area contributed by atoms with Gasteiger partial charge >= 0.3 is 0 Å². The van der Waals surface area contributed by atoms with Crippen molar-refractivity contribution in [3.63, 3.8) is 0 Å². The van der Waals surface area contributed by atoms with Crippen molar-refractivity contribution in [1.29, 1.82) is 0 Å². The van der Waals surface area contributed by atoms with Gasteiger partial charge in [0.15, 0.2) is 0 Å². The largest absolute Gasteiger partial charge is 0.0934 e. The van der Waals surface area contributed by atoms with Crippen LogP contribution in [0.4, 0.5) is 0 Å². The summed E-state index contributed by atoms with van der Waals surface area (Å²) in [6.45, 7) is 9.03. The summed E-state index contributed by atoms with van der Waals surface area (Å²) in [5.41, 5.74) is 2.71. The Morgan fingerprint density at radius 2 is 2.00 bits per heavy atom. The lowest BCUT2D eigenvalue weighted by Crippen LogP contribution is -2.07. The Hall–Kier alpha value is 0.247. The van der Waals surface area contributed by atoms with E-state index in [2.05, 4.69) is 27.7 Å². The smallest absolute Gasteiger partial charge is 0.0538 e. The molecule has 0 heterocycles. The minimum absolute atomic E-state index is 0.0687. The zero-order valence-electron chi connectivity index (χ0n) is 8.02. The molecule has 0 rings (SSSR count). The number of allylic oxidation sites excluding steroid dienone is 1. The van der Waals surface area contributed by atoms with Crippen molar-refractivity contribution in [2.45, 2.75) is 39.7 Å². The Labute approximate surface area is 77.8 Å². The standard InChI is InChI=1S/C9H19ClSi/c1-5-8(4)11-9(6-10)7(2)3/h6-8H,5,11H2,1-4H3. The quantitative estimate of drug-likeness (QED) is 0.598. The molecule has 2 heteroatoms. The summed E-state index contributed by atoms with van der Waals surface area (Å²) in [6.07, 6.45) is 1.30. The molecule has 0 aliphatic heterocycles. The fourth-order valence-electron chi connectivity index (χ4n) is 0.953. The maximum atomic E-state index is 5.74. The topological polar surface area (TPSA) is 0 Å². The predicted molar refractivity (Wildman–Crippen MR) is 57.0 cm³/mol. The zero-order valence-corrected chi connectivity index (χ0v) is 10.2. The van der Waals surface area contributed by atoms with Gasteiger partial charge in [0.2, 0.25) is 0 Å². The third kappa shape index (κ3) is 4.65. The van der Waals surface area contributed by atoms with Gasteiger partial charge in [0, 0.05) is 0 Å². The van der Waals surface area contributed by atoms with Crippen molar-refractivity contribution in [3.8, 4) is 0 Å². The van der Waals surface area contributed by atoms with Crippen LogP contribution in [0.5, 0.6) is 0 Å². The normalized spacial score (nSPS) is 16.7. The van der Waals surface area contributed by atoms with E-state index in [0.717, 1.165) is 5.54 Å². The molecular weight excluding hydrogens is 172 g/mol. The lowest BCUT2D eigenvalue weighted by atomic mass is 10.2. The van der Waals surface area contributed by atoms with Crippen LogP contribution in [0.2, 0.25) is 5.54 Å². The van der Waals surface area contributed by atoms with Gasteiger partial charge in [-0.05, 0) is 11.5 Å². The zero-order chi connectivity index (χ0) is 8.85. The van der Waals surface area contributed by atoms with E-state index in [-0.39, 0.29) is 9.52 Å². The highest BCUT2D eigenvalue weighted by atomic mass is 35.5. The van der Waals surface area contributed by atoms with Crippen LogP contribution in [0, 0.1) is 5.92 Å². The molecule has 0 nitrogen and oxygen atoms in total. The Bertz CT molecular complexity index is 130. The van der Waals surface area contributed by atoms with Crippen LogP contribution in [0.1, 0.15) is 34.1 Å². The molecule has 11 heavy (non-hydrogen) atoms. The van der Waals surface area contributed by atoms with E-state index in [1.165, 1.54) is 11.6 Å². The Balaban J connectivity index is 3.90. The average Bonchev–Trinajstić information content (AvgIpc) is 1.99. The summed E-state index contributed by atoms with van der Waals surface area (Å²) >= 11 is 5.74. The third-order valence-electron chi connectivity index (χ3n) is 2.16. The van der Waals surface area contributed by atoms with Gasteiger partial charge in [-0.1, -0.05) is 56.5 Å². The van der Waals surface area contributed by atoms with Crippen LogP contribution in [-0.4, -0.2) is 9.52 Å². The fourth-order valence-corrected chi connectivity index (χ4v) is 3.13. The molecule has 0 amide bonds.